The molecule has 3 nitrogen and oxygen atoms in total. The van der Waals surface area contributed by atoms with Crippen LogP contribution in [0.2, 0.25) is 5.02 Å². The number of rotatable bonds is 4. The van der Waals surface area contributed by atoms with E-state index in [0.717, 1.165) is 26.2 Å². The Balaban J connectivity index is 2.39. The van der Waals surface area contributed by atoms with Crippen LogP contribution in [-0.2, 0) is 0 Å². The Hall–Kier alpha value is -0.680. The summed E-state index contributed by atoms with van der Waals surface area (Å²) in [5.41, 5.74) is 0.182. The van der Waals surface area contributed by atoms with Crippen LogP contribution < -0.4 is 5.32 Å². The first-order valence-electron chi connectivity index (χ1n) is 6.96. The van der Waals surface area contributed by atoms with Crippen molar-refractivity contribution in [2.45, 2.75) is 19.9 Å². The van der Waals surface area contributed by atoms with Crippen LogP contribution in [0.4, 0.5) is 4.39 Å². The first kappa shape index (κ1) is 15.7. The highest BCUT2D eigenvalue weighted by Gasteiger charge is 2.37. The third kappa shape index (κ3) is 3.31. The van der Waals surface area contributed by atoms with E-state index in [2.05, 4.69) is 10.2 Å². The fraction of sp³-hybridized carbons (Fsp3) is 0.600. The summed E-state index contributed by atoms with van der Waals surface area (Å²) in [5, 5.41) is 13.4. The van der Waals surface area contributed by atoms with Crippen molar-refractivity contribution < 1.29 is 9.50 Å². The molecule has 1 aromatic carbocycles. The van der Waals surface area contributed by atoms with E-state index in [-0.39, 0.29) is 18.5 Å². The second kappa shape index (κ2) is 6.39. The molecule has 0 amide bonds. The van der Waals surface area contributed by atoms with Gasteiger partial charge in [0.2, 0.25) is 0 Å². The van der Waals surface area contributed by atoms with Gasteiger partial charge in [0.05, 0.1) is 0 Å². The molecule has 0 radical (unpaired) electrons. The highest BCUT2D eigenvalue weighted by Crippen LogP contribution is 2.39. The molecule has 112 valence electrons. The topological polar surface area (TPSA) is 35.5 Å². The average molecular weight is 301 g/mol. The van der Waals surface area contributed by atoms with Crippen LogP contribution >= 0.6 is 11.6 Å². The van der Waals surface area contributed by atoms with Gasteiger partial charge in [-0.25, -0.2) is 4.39 Å². The molecule has 1 heterocycles. The standard InChI is InChI=1S/C15H22ClFN2O/c1-15(2,10-20)14(19-7-5-18-6-8-19)12-4-3-11(16)9-13(12)17/h3-4,9,14,18,20H,5-8,10H2,1-2H3/t14-/m0/s1. The van der Waals surface area contributed by atoms with Gasteiger partial charge in [0, 0.05) is 54.8 Å². The average Bonchev–Trinajstić information content (AvgIpc) is 2.43. The lowest BCUT2D eigenvalue weighted by Crippen LogP contribution is -2.49. The van der Waals surface area contributed by atoms with Crippen LogP contribution in [0.1, 0.15) is 25.5 Å². The molecule has 0 unspecified atom stereocenters. The smallest absolute Gasteiger partial charge is 0.129 e. The quantitative estimate of drug-likeness (QED) is 0.896. The van der Waals surface area contributed by atoms with E-state index >= 15 is 0 Å². The van der Waals surface area contributed by atoms with Crippen molar-refractivity contribution in [2.75, 3.05) is 32.8 Å². The SMILES string of the molecule is CC(C)(CO)[C@H](c1ccc(Cl)cc1F)N1CCNCC1. The zero-order valence-corrected chi connectivity index (χ0v) is 12.8. The Bertz CT molecular complexity index is 461. The van der Waals surface area contributed by atoms with E-state index < -0.39 is 5.41 Å². The van der Waals surface area contributed by atoms with Crippen LogP contribution in [0.15, 0.2) is 18.2 Å². The maximum absolute atomic E-state index is 14.3. The molecule has 2 N–H and O–H groups in total. The molecule has 0 saturated carbocycles. The van der Waals surface area contributed by atoms with Gasteiger partial charge in [-0.3, -0.25) is 4.90 Å². The Morgan fingerprint density at radius 2 is 2.05 bits per heavy atom. The van der Waals surface area contributed by atoms with Crippen LogP contribution in [0.3, 0.4) is 0 Å². The molecule has 20 heavy (non-hydrogen) atoms. The summed E-state index contributed by atoms with van der Waals surface area (Å²) in [4.78, 5) is 2.24. The lowest BCUT2D eigenvalue weighted by molar-refractivity contribution is 0.0286. The molecule has 0 bridgehead atoms. The Labute approximate surface area is 124 Å². The number of hydrogen-bond donors (Lipinski definition) is 2. The summed E-state index contributed by atoms with van der Waals surface area (Å²) >= 11 is 5.84. The molecule has 2 rings (SSSR count). The lowest BCUT2D eigenvalue weighted by Gasteiger charge is -2.43. The zero-order chi connectivity index (χ0) is 14.8. The summed E-state index contributed by atoms with van der Waals surface area (Å²) in [6, 6.07) is 4.64. The maximum atomic E-state index is 14.3. The molecular formula is C15H22ClFN2O. The van der Waals surface area contributed by atoms with E-state index in [1.165, 1.54) is 6.07 Å². The minimum absolute atomic E-state index is 0.00363. The van der Waals surface area contributed by atoms with Crippen LogP contribution in [0, 0.1) is 11.2 Å². The number of piperazine rings is 1. The van der Waals surface area contributed by atoms with Gasteiger partial charge in [0.25, 0.3) is 0 Å². The van der Waals surface area contributed by atoms with E-state index in [1.54, 1.807) is 12.1 Å². The van der Waals surface area contributed by atoms with Gasteiger partial charge in [-0.15, -0.1) is 0 Å². The van der Waals surface area contributed by atoms with E-state index in [9.17, 15) is 9.50 Å². The summed E-state index contributed by atoms with van der Waals surface area (Å²) in [6.45, 7) is 7.39. The van der Waals surface area contributed by atoms with Crippen molar-refractivity contribution in [3.8, 4) is 0 Å². The minimum atomic E-state index is -0.425. The Morgan fingerprint density at radius 1 is 1.40 bits per heavy atom. The summed E-state index contributed by atoms with van der Waals surface area (Å²) in [7, 11) is 0. The zero-order valence-electron chi connectivity index (χ0n) is 12.0. The normalized spacial score (nSPS) is 19.1. The van der Waals surface area contributed by atoms with Crippen molar-refractivity contribution in [3.63, 3.8) is 0 Å². The fourth-order valence-corrected chi connectivity index (χ4v) is 3.02. The third-order valence-electron chi connectivity index (χ3n) is 3.92. The molecule has 0 aliphatic carbocycles. The van der Waals surface area contributed by atoms with Crippen molar-refractivity contribution in [3.05, 3.63) is 34.6 Å². The first-order chi connectivity index (χ1) is 9.45. The molecule has 5 heteroatoms. The monoisotopic (exact) mass is 300 g/mol. The third-order valence-corrected chi connectivity index (χ3v) is 4.16. The van der Waals surface area contributed by atoms with Gasteiger partial charge in [0.15, 0.2) is 0 Å². The minimum Gasteiger partial charge on any atom is -0.396 e. The van der Waals surface area contributed by atoms with Gasteiger partial charge < -0.3 is 10.4 Å². The largest absolute Gasteiger partial charge is 0.396 e. The van der Waals surface area contributed by atoms with Crippen LogP contribution in [-0.4, -0.2) is 42.8 Å². The van der Waals surface area contributed by atoms with Crippen LogP contribution in [0.5, 0.6) is 0 Å². The highest BCUT2D eigenvalue weighted by molar-refractivity contribution is 6.30. The summed E-state index contributed by atoms with van der Waals surface area (Å²) < 4.78 is 14.3. The molecule has 1 aliphatic rings. The molecule has 1 fully saturated rings. The molecule has 1 atom stereocenters. The molecule has 1 aromatic rings. The first-order valence-corrected chi connectivity index (χ1v) is 7.34. The lowest BCUT2D eigenvalue weighted by atomic mass is 9.79. The number of aliphatic hydroxyl groups excluding tert-OH is 1. The second-order valence-electron chi connectivity index (χ2n) is 6.00. The number of aliphatic hydroxyl groups is 1. The number of benzene rings is 1. The van der Waals surface area contributed by atoms with Gasteiger partial charge in [0.1, 0.15) is 5.82 Å². The molecule has 0 aromatic heterocycles. The van der Waals surface area contributed by atoms with Gasteiger partial charge in [-0.1, -0.05) is 31.5 Å². The number of nitrogens with one attached hydrogen (secondary N) is 1. The van der Waals surface area contributed by atoms with E-state index in [1.807, 2.05) is 13.8 Å². The Morgan fingerprint density at radius 3 is 2.60 bits per heavy atom. The fourth-order valence-electron chi connectivity index (χ4n) is 2.86. The van der Waals surface area contributed by atoms with Crippen molar-refractivity contribution >= 4 is 11.6 Å². The maximum Gasteiger partial charge on any atom is 0.129 e. The number of halogens is 2. The summed E-state index contributed by atoms with van der Waals surface area (Å²) in [5.74, 6) is -0.303. The van der Waals surface area contributed by atoms with Crippen molar-refractivity contribution in [1.82, 2.24) is 10.2 Å². The molecule has 1 aliphatic heterocycles. The summed E-state index contributed by atoms with van der Waals surface area (Å²) in [6.07, 6.45) is 0. The van der Waals surface area contributed by atoms with Gasteiger partial charge in [-0.05, 0) is 12.1 Å². The predicted molar refractivity (Wildman–Crippen MR) is 79.5 cm³/mol. The van der Waals surface area contributed by atoms with Gasteiger partial charge >= 0.3 is 0 Å². The Kier molecular flexibility index (Phi) is 5.02. The second-order valence-corrected chi connectivity index (χ2v) is 6.44. The number of nitrogens with zero attached hydrogens (tertiary/aromatic N) is 1. The number of hydrogen-bond acceptors (Lipinski definition) is 3. The van der Waals surface area contributed by atoms with Crippen molar-refractivity contribution in [2.24, 2.45) is 5.41 Å². The van der Waals surface area contributed by atoms with E-state index in [0.29, 0.717) is 10.6 Å². The molecule has 0 spiro atoms. The highest BCUT2D eigenvalue weighted by atomic mass is 35.5. The predicted octanol–water partition coefficient (Wildman–Crippen LogP) is 2.44. The van der Waals surface area contributed by atoms with Crippen LogP contribution in [0.25, 0.3) is 0 Å². The molecule has 1 saturated heterocycles. The van der Waals surface area contributed by atoms with E-state index in [4.69, 9.17) is 11.6 Å². The van der Waals surface area contributed by atoms with Crippen molar-refractivity contribution in [1.29, 1.82) is 0 Å². The van der Waals surface area contributed by atoms with Gasteiger partial charge in [-0.2, -0.15) is 0 Å². The molecular weight excluding hydrogens is 279 g/mol.